The zero-order valence-electron chi connectivity index (χ0n) is 17.7. The summed E-state index contributed by atoms with van der Waals surface area (Å²) in [5.74, 6) is 0.943. The van der Waals surface area contributed by atoms with Crippen LogP contribution < -0.4 is 10.6 Å². The van der Waals surface area contributed by atoms with Crippen molar-refractivity contribution in [2.75, 3.05) is 67.1 Å². The van der Waals surface area contributed by atoms with E-state index in [2.05, 4.69) is 41.5 Å². The highest BCUT2D eigenvalue weighted by Crippen LogP contribution is 2.21. The van der Waals surface area contributed by atoms with Crippen molar-refractivity contribution in [2.45, 2.75) is 57.9 Å². The fourth-order valence-electron chi connectivity index (χ4n) is 3.51. The number of nitrogens with one attached hydrogen (secondary N) is 2. The van der Waals surface area contributed by atoms with Crippen LogP contribution in [0.1, 0.15) is 51.9 Å². The first kappa shape index (κ1) is 23.2. The van der Waals surface area contributed by atoms with Gasteiger partial charge >= 0.3 is 0 Å². The molecule has 0 radical (unpaired) electrons. The lowest BCUT2D eigenvalue weighted by Crippen LogP contribution is -2.41. The minimum Gasteiger partial charge on any atom is -0.385 e. The maximum Gasteiger partial charge on any atom is 0.191 e. The number of nitrogens with zero attached hydrogens (tertiary/aromatic N) is 3. The van der Waals surface area contributed by atoms with Crippen molar-refractivity contribution in [3.05, 3.63) is 0 Å². The number of ether oxygens (including phenoxy) is 1. The van der Waals surface area contributed by atoms with Crippen molar-refractivity contribution in [1.82, 2.24) is 20.4 Å². The molecule has 26 heavy (non-hydrogen) atoms. The zero-order chi connectivity index (χ0) is 19.0. The summed E-state index contributed by atoms with van der Waals surface area (Å²) in [4.78, 5) is 9.61. The Kier molecular flexibility index (Phi) is 13.6. The van der Waals surface area contributed by atoms with Gasteiger partial charge in [0, 0.05) is 52.5 Å². The Morgan fingerprint density at radius 2 is 1.81 bits per heavy atom. The van der Waals surface area contributed by atoms with E-state index in [-0.39, 0.29) is 0 Å². The summed E-state index contributed by atoms with van der Waals surface area (Å²) in [7, 11) is 6.19. The lowest BCUT2D eigenvalue weighted by atomic mass is 9.94. The maximum absolute atomic E-state index is 5.10. The molecule has 0 aromatic rings. The van der Waals surface area contributed by atoms with Gasteiger partial charge in [-0.05, 0) is 53.2 Å². The van der Waals surface area contributed by atoms with Crippen LogP contribution in [-0.4, -0.2) is 88.9 Å². The Morgan fingerprint density at radius 3 is 2.50 bits per heavy atom. The summed E-state index contributed by atoms with van der Waals surface area (Å²) in [6, 6.07) is 0.799. The van der Waals surface area contributed by atoms with Crippen LogP contribution in [0.25, 0.3) is 0 Å². The van der Waals surface area contributed by atoms with Crippen molar-refractivity contribution < 1.29 is 4.74 Å². The Balaban J connectivity index is 2.18. The minimum atomic E-state index is 0.799. The van der Waals surface area contributed by atoms with Gasteiger partial charge in [0.2, 0.25) is 0 Å². The fourth-order valence-corrected chi connectivity index (χ4v) is 3.51. The van der Waals surface area contributed by atoms with E-state index in [0.29, 0.717) is 0 Å². The third-order valence-corrected chi connectivity index (χ3v) is 5.16. The average molecular weight is 370 g/mol. The first-order chi connectivity index (χ1) is 12.7. The number of hydrogen-bond donors (Lipinski definition) is 2. The zero-order valence-corrected chi connectivity index (χ0v) is 17.7. The first-order valence-corrected chi connectivity index (χ1v) is 10.6. The molecule has 0 atom stereocenters. The van der Waals surface area contributed by atoms with E-state index in [4.69, 9.17) is 9.73 Å². The molecular formula is C20H43N5O. The molecule has 1 fully saturated rings. The van der Waals surface area contributed by atoms with Crippen molar-refractivity contribution in [3.8, 4) is 0 Å². The molecule has 0 aromatic carbocycles. The van der Waals surface area contributed by atoms with Gasteiger partial charge in [-0.2, -0.15) is 0 Å². The Morgan fingerprint density at radius 1 is 1.04 bits per heavy atom. The number of hydrogen-bond acceptors (Lipinski definition) is 4. The number of guanidine groups is 1. The van der Waals surface area contributed by atoms with Gasteiger partial charge in [-0.3, -0.25) is 4.99 Å². The van der Waals surface area contributed by atoms with E-state index in [1.807, 2.05) is 0 Å². The number of likely N-dealkylation sites (N-methyl/N-ethyl adjacent to an activating group) is 1. The van der Waals surface area contributed by atoms with E-state index in [1.165, 1.54) is 32.1 Å². The fraction of sp³-hybridized carbons (Fsp3) is 0.950. The summed E-state index contributed by atoms with van der Waals surface area (Å²) in [6.07, 6.45) is 9.19. The molecule has 1 aliphatic carbocycles. The second-order valence-corrected chi connectivity index (χ2v) is 7.46. The molecule has 0 bridgehead atoms. The summed E-state index contributed by atoms with van der Waals surface area (Å²) in [5.41, 5.74) is 0. The molecule has 1 rings (SSSR count). The second kappa shape index (κ2) is 15.2. The minimum absolute atomic E-state index is 0.799. The van der Waals surface area contributed by atoms with Crippen LogP contribution in [0.3, 0.4) is 0 Å². The third kappa shape index (κ3) is 11.0. The Bertz CT molecular complexity index is 358. The SMILES string of the molecule is CCNC(=NCCCN(C)C1CCCCC1)NCCN(C)CCCOC. The van der Waals surface area contributed by atoms with Crippen LogP contribution in [0, 0.1) is 0 Å². The Hall–Kier alpha value is -0.850. The number of methoxy groups -OCH3 is 1. The van der Waals surface area contributed by atoms with Gasteiger partial charge in [0.25, 0.3) is 0 Å². The topological polar surface area (TPSA) is 52.1 Å². The molecule has 6 heteroatoms. The van der Waals surface area contributed by atoms with Gasteiger partial charge < -0.3 is 25.2 Å². The van der Waals surface area contributed by atoms with Gasteiger partial charge in [-0.25, -0.2) is 0 Å². The lowest BCUT2D eigenvalue weighted by Gasteiger charge is -2.31. The maximum atomic E-state index is 5.10. The molecule has 0 aliphatic heterocycles. The highest BCUT2D eigenvalue weighted by molar-refractivity contribution is 5.79. The lowest BCUT2D eigenvalue weighted by molar-refractivity contribution is 0.180. The van der Waals surface area contributed by atoms with E-state index < -0.39 is 0 Å². The van der Waals surface area contributed by atoms with Crippen LogP contribution in [0.5, 0.6) is 0 Å². The van der Waals surface area contributed by atoms with Gasteiger partial charge in [-0.15, -0.1) is 0 Å². The average Bonchev–Trinajstić information content (AvgIpc) is 2.66. The summed E-state index contributed by atoms with van der Waals surface area (Å²) < 4.78 is 5.10. The van der Waals surface area contributed by atoms with Crippen LogP contribution in [0.15, 0.2) is 4.99 Å². The van der Waals surface area contributed by atoms with Gasteiger partial charge in [0.15, 0.2) is 5.96 Å². The predicted octanol–water partition coefficient (Wildman–Crippen LogP) is 2.16. The van der Waals surface area contributed by atoms with Crippen molar-refractivity contribution in [2.24, 2.45) is 4.99 Å². The molecule has 0 heterocycles. The molecule has 2 N–H and O–H groups in total. The van der Waals surface area contributed by atoms with E-state index >= 15 is 0 Å². The molecule has 1 saturated carbocycles. The highest BCUT2D eigenvalue weighted by Gasteiger charge is 2.17. The van der Waals surface area contributed by atoms with Crippen molar-refractivity contribution in [3.63, 3.8) is 0 Å². The molecule has 0 spiro atoms. The number of rotatable bonds is 13. The quantitative estimate of drug-likeness (QED) is 0.296. The van der Waals surface area contributed by atoms with Crippen LogP contribution >= 0.6 is 0 Å². The van der Waals surface area contributed by atoms with E-state index in [1.54, 1.807) is 7.11 Å². The van der Waals surface area contributed by atoms with Crippen LogP contribution in [0.4, 0.5) is 0 Å². The monoisotopic (exact) mass is 369 g/mol. The molecule has 0 unspecified atom stereocenters. The van der Waals surface area contributed by atoms with E-state index in [9.17, 15) is 0 Å². The standard InChI is InChI=1S/C20H43N5O/c1-5-21-20(23-14-17-24(2)15-10-18-26-4)22-13-9-16-25(3)19-11-7-6-8-12-19/h19H,5-18H2,1-4H3,(H2,21,22,23). The summed E-state index contributed by atoms with van der Waals surface area (Å²) in [5, 5.41) is 6.79. The summed E-state index contributed by atoms with van der Waals surface area (Å²) in [6.45, 7) is 8.87. The second-order valence-electron chi connectivity index (χ2n) is 7.46. The molecular weight excluding hydrogens is 326 g/mol. The van der Waals surface area contributed by atoms with Crippen molar-refractivity contribution in [1.29, 1.82) is 0 Å². The predicted molar refractivity (Wildman–Crippen MR) is 112 cm³/mol. The molecule has 1 aliphatic rings. The molecule has 6 nitrogen and oxygen atoms in total. The molecule has 0 amide bonds. The highest BCUT2D eigenvalue weighted by atomic mass is 16.5. The van der Waals surface area contributed by atoms with Gasteiger partial charge in [0.1, 0.15) is 0 Å². The smallest absolute Gasteiger partial charge is 0.191 e. The Labute approximate surface area is 161 Å². The summed E-state index contributed by atoms with van der Waals surface area (Å²) >= 11 is 0. The largest absolute Gasteiger partial charge is 0.385 e. The van der Waals surface area contributed by atoms with Crippen LogP contribution in [-0.2, 0) is 4.74 Å². The number of aliphatic imine (C=N–C) groups is 1. The van der Waals surface area contributed by atoms with Crippen molar-refractivity contribution >= 4 is 5.96 Å². The molecule has 0 saturated heterocycles. The van der Waals surface area contributed by atoms with Gasteiger partial charge in [-0.1, -0.05) is 19.3 Å². The van der Waals surface area contributed by atoms with Crippen LogP contribution in [0.2, 0.25) is 0 Å². The normalized spacial score (nSPS) is 16.5. The molecule has 154 valence electrons. The molecule has 0 aromatic heterocycles. The van der Waals surface area contributed by atoms with E-state index in [0.717, 1.165) is 70.7 Å². The third-order valence-electron chi connectivity index (χ3n) is 5.16. The first-order valence-electron chi connectivity index (χ1n) is 10.6. The van der Waals surface area contributed by atoms with Gasteiger partial charge in [0.05, 0.1) is 0 Å².